The Morgan fingerprint density at radius 2 is 1.95 bits per heavy atom. The van der Waals surface area contributed by atoms with Gasteiger partial charge in [-0.2, -0.15) is 0 Å². The van der Waals surface area contributed by atoms with Gasteiger partial charge in [0.2, 0.25) is 10.0 Å². The zero-order valence-electron chi connectivity index (χ0n) is 12.0. The maximum Gasteiger partial charge on any atom is 0.256 e. The van der Waals surface area contributed by atoms with Gasteiger partial charge in [0.05, 0.1) is 10.5 Å². The quantitative estimate of drug-likeness (QED) is 0.915. The molecule has 0 aliphatic rings. The number of nitrogens with zero attached hydrogens (tertiary/aromatic N) is 1. The van der Waals surface area contributed by atoms with Crippen molar-refractivity contribution in [1.29, 1.82) is 0 Å². The number of rotatable bonds is 4. The van der Waals surface area contributed by atoms with Gasteiger partial charge < -0.3 is 4.90 Å². The van der Waals surface area contributed by atoms with E-state index in [0.29, 0.717) is 6.54 Å². The molecule has 7 heteroatoms. The minimum atomic E-state index is -3.98. The van der Waals surface area contributed by atoms with Crippen LogP contribution in [0.2, 0.25) is 0 Å². The summed E-state index contributed by atoms with van der Waals surface area (Å²) < 4.78 is 36.7. The van der Waals surface area contributed by atoms with E-state index in [1.807, 2.05) is 13.8 Å². The molecule has 1 amide bonds. The molecule has 1 rings (SSSR count). The van der Waals surface area contributed by atoms with Gasteiger partial charge in [-0.15, -0.1) is 0 Å². The highest BCUT2D eigenvalue weighted by Crippen LogP contribution is 2.20. The lowest BCUT2D eigenvalue weighted by atomic mass is 10.1. The summed E-state index contributed by atoms with van der Waals surface area (Å²) in [5.41, 5.74) is -0.213. The molecule has 1 aromatic rings. The van der Waals surface area contributed by atoms with E-state index in [0.717, 1.165) is 12.1 Å². The molecule has 0 saturated carbocycles. The van der Waals surface area contributed by atoms with E-state index in [4.69, 9.17) is 5.14 Å². The second-order valence-electron chi connectivity index (χ2n) is 5.23. The molecule has 0 aliphatic heterocycles. The predicted octanol–water partition coefficient (Wildman–Crippen LogP) is 1.51. The summed E-state index contributed by atoms with van der Waals surface area (Å²) >= 11 is 0. The Bertz CT molecular complexity index is 627. The van der Waals surface area contributed by atoms with Gasteiger partial charge in [-0.3, -0.25) is 4.79 Å². The number of amides is 1. The van der Waals surface area contributed by atoms with Crippen LogP contribution in [-0.4, -0.2) is 32.8 Å². The third kappa shape index (κ3) is 3.77. The Hall–Kier alpha value is -1.47. The second-order valence-corrected chi connectivity index (χ2v) is 6.79. The molecule has 0 atom stereocenters. The van der Waals surface area contributed by atoms with Crippen molar-refractivity contribution in [3.63, 3.8) is 0 Å². The highest BCUT2D eigenvalue weighted by Gasteiger charge is 2.22. The fourth-order valence-electron chi connectivity index (χ4n) is 1.89. The minimum Gasteiger partial charge on any atom is -0.341 e. The van der Waals surface area contributed by atoms with Gasteiger partial charge in [-0.25, -0.2) is 17.9 Å². The molecule has 5 nitrogen and oxygen atoms in total. The number of halogens is 1. The first-order valence-corrected chi connectivity index (χ1v) is 7.67. The highest BCUT2D eigenvalue weighted by atomic mass is 32.2. The van der Waals surface area contributed by atoms with Crippen LogP contribution in [0.25, 0.3) is 0 Å². The van der Waals surface area contributed by atoms with E-state index in [2.05, 4.69) is 0 Å². The average Bonchev–Trinajstić information content (AvgIpc) is 2.29. The van der Waals surface area contributed by atoms with E-state index in [1.54, 1.807) is 7.05 Å². The minimum absolute atomic E-state index is 0.0674. The van der Waals surface area contributed by atoms with Crippen LogP contribution in [0.1, 0.15) is 29.8 Å². The van der Waals surface area contributed by atoms with Crippen molar-refractivity contribution >= 4 is 15.9 Å². The summed E-state index contributed by atoms with van der Waals surface area (Å²) in [6, 6.07) is 2.10. The average molecular weight is 302 g/mol. The molecular formula is C13H19FN2O3S. The van der Waals surface area contributed by atoms with Crippen LogP contribution in [0.5, 0.6) is 0 Å². The largest absolute Gasteiger partial charge is 0.341 e. The Labute approximate surface area is 118 Å². The van der Waals surface area contributed by atoms with E-state index < -0.39 is 21.7 Å². The topological polar surface area (TPSA) is 80.5 Å². The number of hydrogen-bond donors (Lipinski definition) is 1. The molecule has 0 radical (unpaired) electrons. The van der Waals surface area contributed by atoms with Gasteiger partial charge in [-0.1, -0.05) is 13.8 Å². The SMILES string of the molecule is Cc1cc(S(N)(=O)=O)cc(C(=O)N(C)CC(C)C)c1F. The number of sulfonamides is 1. The van der Waals surface area contributed by atoms with Crippen molar-refractivity contribution in [2.45, 2.75) is 25.7 Å². The van der Waals surface area contributed by atoms with Gasteiger partial charge in [0, 0.05) is 13.6 Å². The number of primary sulfonamides is 1. The Balaban J connectivity index is 3.31. The summed E-state index contributed by atoms with van der Waals surface area (Å²) in [5.74, 6) is -1.07. The molecule has 0 unspecified atom stereocenters. The number of carbonyl (C=O) groups is 1. The van der Waals surface area contributed by atoms with Crippen molar-refractivity contribution in [2.24, 2.45) is 11.1 Å². The van der Waals surface area contributed by atoms with Crippen molar-refractivity contribution in [1.82, 2.24) is 4.90 Å². The summed E-state index contributed by atoms with van der Waals surface area (Å²) in [5, 5.41) is 5.03. The fraction of sp³-hybridized carbons (Fsp3) is 0.462. The zero-order valence-corrected chi connectivity index (χ0v) is 12.8. The smallest absolute Gasteiger partial charge is 0.256 e. The lowest BCUT2D eigenvalue weighted by molar-refractivity contribution is 0.0774. The van der Waals surface area contributed by atoms with Crippen LogP contribution in [-0.2, 0) is 10.0 Å². The number of aryl methyl sites for hydroxylation is 1. The number of benzene rings is 1. The summed E-state index contributed by atoms with van der Waals surface area (Å²) in [6.45, 7) is 5.68. The number of nitrogens with two attached hydrogens (primary N) is 1. The highest BCUT2D eigenvalue weighted by molar-refractivity contribution is 7.89. The van der Waals surface area contributed by atoms with Crippen molar-refractivity contribution in [3.05, 3.63) is 29.1 Å². The lowest BCUT2D eigenvalue weighted by Crippen LogP contribution is -2.31. The van der Waals surface area contributed by atoms with Crippen LogP contribution < -0.4 is 5.14 Å². The molecule has 0 saturated heterocycles. The van der Waals surface area contributed by atoms with Gasteiger partial charge >= 0.3 is 0 Å². The normalized spacial score (nSPS) is 11.8. The van der Waals surface area contributed by atoms with E-state index in [1.165, 1.54) is 11.8 Å². The second kappa shape index (κ2) is 5.88. The number of hydrogen-bond acceptors (Lipinski definition) is 3. The Morgan fingerprint density at radius 3 is 2.40 bits per heavy atom. The van der Waals surface area contributed by atoms with Crippen LogP contribution >= 0.6 is 0 Å². The Morgan fingerprint density at radius 1 is 1.40 bits per heavy atom. The van der Waals surface area contributed by atoms with Gasteiger partial charge in [0.1, 0.15) is 5.82 Å². The number of carbonyl (C=O) groups excluding carboxylic acids is 1. The van der Waals surface area contributed by atoms with Crippen LogP contribution in [0, 0.1) is 18.7 Å². The molecule has 0 aliphatic carbocycles. The van der Waals surface area contributed by atoms with Crippen molar-refractivity contribution in [2.75, 3.05) is 13.6 Å². The molecule has 1 aromatic carbocycles. The van der Waals surface area contributed by atoms with Crippen molar-refractivity contribution < 1.29 is 17.6 Å². The third-order valence-electron chi connectivity index (χ3n) is 2.77. The van der Waals surface area contributed by atoms with Crippen LogP contribution in [0.15, 0.2) is 17.0 Å². The van der Waals surface area contributed by atoms with Crippen molar-refractivity contribution in [3.8, 4) is 0 Å². The molecule has 0 bridgehead atoms. The first kappa shape index (κ1) is 16.6. The Kier molecular flexibility index (Phi) is 4.88. The zero-order chi connectivity index (χ0) is 15.7. The lowest BCUT2D eigenvalue weighted by Gasteiger charge is -2.20. The third-order valence-corrected chi connectivity index (χ3v) is 3.67. The molecule has 0 heterocycles. The van der Waals surface area contributed by atoms with Gasteiger partial charge in [0.25, 0.3) is 5.91 Å². The first-order valence-electron chi connectivity index (χ1n) is 6.12. The summed E-state index contributed by atoms with van der Waals surface area (Å²) in [4.78, 5) is 13.3. The van der Waals surface area contributed by atoms with E-state index in [-0.39, 0.29) is 21.9 Å². The first-order chi connectivity index (χ1) is 9.04. The molecule has 112 valence electrons. The molecule has 2 N–H and O–H groups in total. The van der Waals surface area contributed by atoms with Gasteiger partial charge in [-0.05, 0) is 30.5 Å². The monoisotopic (exact) mass is 302 g/mol. The maximum atomic E-state index is 14.0. The van der Waals surface area contributed by atoms with Crippen LogP contribution in [0.4, 0.5) is 4.39 Å². The maximum absolute atomic E-state index is 14.0. The van der Waals surface area contributed by atoms with Crippen LogP contribution in [0.3, 0.4) is 0 Å². The fourth-order valence-corrected chi connectivity index (χ4v) is 2.52. The van der Waals surface area contributed by atoms with E-state index in [9.17, 15) is 17.6 Å². The predicted molar refractivity (Wildman–Crippen MR) is 74.3 cm³/mol. The van der Waals surface area contributed by atoms with E-state index >= 15 is 0 Å². The molecule has 0 spiro atoms. The standard InChI is InChI=1S/C13H19FN2O3S/c1-8(2)7-16(4)13(17)11-6-10(20(15,18)19)5-9(3)12(11)14/h5-6,8H,7H2,1-4H3,(H2,15,18,19). The summed E-state index contributed by atoms with van der Waals surface area (Å²) in [6.07, 6.45) is 0. The molecule has 0 fully saturated rings. The van der Waals surface area contributed by atoms with Gasteiger partial charge in [0.15, 0.2) is 0 Å². The molecular weight excluding hydrogens is 283 g/mol. The molecule has 0 aromatic heterocycles. The molecule has 20 heavy (non-hydrogen) atoms. The summed E-state index contributed by atoms with van der Waals surface area (Å²) in [7, 11) is -2.44.